The summed E-state index contributed by atoms with van der Waals surface area (Å²) >= 11 is 0. The zero-order valence-electron chi connectivity index (χ0n) is 6.77. The van der Waals surface area contributed by atoms with Gasteiger partial charge in [-0.25, -0.2) is 0 Å². The van der Waals surface area contributed by atoms with Gasteiger partial charge in [-0.15, -0.1) is 0 Å². The van der Waals surface area contributed by atoms with Crippen LogP contribution >= 0.6 is 0 Å². The van der Waals surface area contributed by atoms with Crippen molar-refractivity contribution < 1.29 is 9.53 Å². The first-order valence-corrected chi connectivity index (χ1v) is 4.13. The summed E-state index contributed by atoms with van der Waals surface area (Å²) in [5, 5.41) is 0. The Hall–Kier alpha value is -1.25. The lowest BCUT2D eigenvalue weighted by atomic mass is 10.1. The Balaban J connectivity index is 1.99. The fourth-order valence-corrected chi connectivity index (χ4v) is 1.45. The molecule has 1 aliphatic rings. The van der Waals surface area contributed by atoms with Gasteiger partial charge >= 0.3 is 5.97 Å². The van der Waals surface area contributed by atoms with E-state index in [1.165, 1.54) is 0 Å². The van der Waals surface area contributed by atoms with Crippen LogP contribution in [0, 0.1) is 5.92 Å². The van der Waals surface area contributed by atoms with E-state index in [2.05, 4.69) is 0 Å². The van der Waals surface area contributed by atoms with Crippen LogP contribution in [0.3, 0.4) is 0 Å². The van der Waals surface area contributed by atoms with Gasteiger partial charge in [-0.2, -0.15) is 0 Å². The topological polar surface area (TPSA) is 31.2 Å². The number of rotatable bonds is 2. The molecular weight excluding hydrogens is 154 g/mol. The molecule has 1 aliphatic heterocycles. The van der Waals surface area contributed by atoms with Crippen molar-refractivity contribution >= 4 is 5.97 Å². The van der Waals surface area contributed by atoms with Crippen LogP contribution in [0.15, 0.2) is 24.5 Å². The monoisotopic (exact) mass is 165 g/mol. The van der Waals surface area contributed by atoms with Gasteiger partial charge < -0.3 is 9.30 Å². The first-order valence-electron chi connectivity index (χ1n) is 4.13. The Morgan fingerprint density at radius 2 is 2.25 bits per heavy atom. The fraction of sp³-hybridized carbons (Fsp3) is 0.444. The predicted molar refractivity (Wildman–Crippen MR) is 43.5 cm³/mol. The molecule has 2 heterocycles. The largest absolute Gasteiger partial charge is 0.465 e. The van der Waals surface area contributed by atoms with Crippen LogP contribution in [-0.2, 0) is 16.1 Å². The molecule has 0 N–H and O–H groups in total. The molecule has 1 aromatic rings. The van der Waals surface area contributed by atoms with Crippen molar-refractivity contribution in [3.8, 4) is 0 Å². The van der Waals surface area contributed by atoms with Gasteiger partial charge in [0.05, 0.1) is 12.5 Å². The molecule has 0 bridgehead atoms. The van der Waals surface area contributed by atoms with Crippen LogP contribution in [0.4, 0.5) is 0 Å². The molecular formula is C9H11NO2. The lowest BCUT2D eigenvalue weighted by molar-refractivity contribution is -0.141. The van der Waals surface area contributed by atoms with Crippen LogP contribution in [0.2, 0.25) is 0 Å². The summed E-state index contributed by atoms with van der Waals surface area (Å²) in [5.41, 5.74) is 0. The summed E-state index contributed by atoms with van der Waals surface area (Å²) in [5.74, 6) is 0.0149. The van der Waals surface area contributed by atoms with E-state index in [4.69, 9.17) is 4.74 Å². The molecule has 2 rings (SSSR count). The molecule has 0 amide bonds. The summed E-state index contributed by atoms with van der Waals surface area (Å²) in [6, 6.07) is 3.92. The van der Waals surface area contributed by atoms with Gasteiger partial charge in [0.25, 0.3) is 0 Å². The average molecular weight is 165 g/mol. The quantitative estimate of drug-likeness (QED) is 0.613. The van der Waals surface area contributed by atoms with Crippen LogP contribution in [0.25, 0.3) is 0 Å². The van der Waals surface area contributed by atoms with E-state index in [1.807, 2.05) is 29.1 Å². The maximum Gasteiger partial charge on any atom is 0.310 e. The van der Waals surface area contributed by atoms with Crippen molar-refractivity contribution in [2.75, 3.05) is 6.61 Å². The Morgan fingerprint density at radius 1 is 1.50 bits per heavy atom. The minimum absolute atomic E-state index is 0.0521. The van der Waals surface area contributed by atoms with E-state index in [0.717, 1.165) is 13.0 Å². The molecule has 0 spiro atoms. The Labute approximate surface area is 70.9 Å². The fourth-order valence-electron chi connectivity index (χ4n) is 1.45. The van der Waals surface area contributed by atoms with Gasteiger partial charge in [0.1, 0.15) is 0 Å². The van der Waals surface area contributed by atoms with E-state index in [1.54, 1.807) is 0 Å². The van der Waals surface area contributed by atoms with E-state index in [-0.39, 0.29) is 11.9 Å². The maximum absolute atomic E-state index is 11.1. The first kappa shape index (κ1) is 7.40. The molecule has 3 heteroatoms. The minimum Gasteiger partial charge on any atom is -0.465 e. The SMILES string of the molecule is O=C1OCC[C@@H]1Cn1cccc1. The van der Waals surface area contributed by atoms with Gasteiger partial charge in [0.2, 0.25) is 0 Å². The number of nitrogens with zero attached hydrogens (tertiary/aromatic N) is 1. The van der Waals surface area contributed by atoms with Crippen molar-refractivity contribution in [3.63, 3.8) is 0 Å². The van der Waals surface area contributed by atoms with Crippen molar-refractivity contribution in [1.29, 1.82) is 0 Å². The number of hydrogen-bond acceptors (Lipinski definition) is 2. The summed E-state index contributed by atoms with van der Waals surface area (Å²) in [6.45, 7) is 1.34. The number of carbonyl (C=O) groups is 1. The third-order valence-corrected chi connectivity index (χ3v) is 2.14. The highest BCUT2D eigenvalue weighted by Crippen LogP contribution is 2.16. The number of carbonyl (C=O) groups excluding carboxylic acids is 1. The molecule has 12 heavy (non-hydrogen) atoms. The maximum atomic E-state index is 11.1. The number of aromatic nitrogens is 1. The molecule has 0 aromatic carbocycles. The predicted octanol–water partition coefficient (Wildman–Crippen LogP) is 1.05. The standard InChI is InChI=1S/C9H11NO2/c11-9-8(3-6-12-9)7-10-4-1-2-5-10/h1-2,4-5,8H,3,6-7H2/t8-/m1/s1. The van der Waals surface area contributed by atoms with Crippen LogP contribution in [0.1, 0.15) is 6.42 Å². The highest BCUT2D eigenvalue weighted by Gasteiger charge is 2.26. The van der Waals surface area contributed by atoms with Crippen LogP contribution in [-0.4, -0.2) is 17.1 Å². The van der Waals surface area contributed by atoms with Crippen LogP contribution in [0.5, 0.6) is 0 Å². The highest BCUT2D eigenvalue weighted by molar-refractivity contribution is 5.73. The van der Waals surface area contributed by atoms with E-state index in [0.29, 0.717) is 6.61 Å². The summed E-state index contributed by atoms with van der Waals surface area (Å²) < 4.78 is 6.87. The van der Waals surface area contributed by atoms with Crippen molar-refractivity contribution in [1.82, 2.24) is 4.57 Å². The third kappa shape index (κ3) is 1.35. The number of ether oxygens (including phenoxy) is 1. The molecule has 0 aliphatic carbocycles. The molecule has 0 saturated carbocycles. The Morgan fingerprint density at radius 3 is 2.83 bits per heavy atom. The average Bonchev–Trinajstić information content (AvgIpc) is 2.65. The van der Waals surface area contributed by atoms with E-state index in [9.17, 15) is 4.79 Å². The molecule has 1 atom stereocenters. The van der Waals surface area contributed by atoms with Gasteiger partial charge in [-0.05, 0) is 18.6 Å². The third-order valence-electron chi connectivity index (χ3n) is 2.14. The molecule has 64 valence electrons. The highest BCUT2D eigenvalue weighted by atomic mass is 16.5. The normalized spacial score (nSPS) is 22.7. The smallest absolute Gasteiger partial charge is 0.310 e. The van der Waals surface area contributed by atoms with E-state index >= 15 is 0 Å². The second-order valence-corrected chi connectivity index (χ2v) is 3.03. The van der Waals surface area contributed by atoms with Crippen molar-refractivity contribution in [3.05, 3.63) is 24.5 Å². The van der Waals surface area contributed by atoms with Gasteiger partial charge in [-0.1, -0.05) is 0 Å². The lowest BCUT2D eigenvalue weighted by Crippen LogP contribution is -2.14. The molecule has 1 saturated heterocycles. The Kier molecular flexibility index (Phi) is 1.86. The zero-order valence-corrected chi connectivity index (χ0v) is 6.77. The van der Waals surface area contributed by atoms with Crippen molar-refractivity contribution in [2.45, 2.75) is 13.0 Å². The minimum atomic E-state index is -0.0521. The lowest BCUT2D eigenvalue weighted by Gasteiger charge is -2.05. The number of esters is 1. The summed E-state index contributed by atoms with van der Waals surface area (Å²) in [4.78, 5) is 11.1. The second-order valence-electron chi connectivity index (χ2n) is 3.03. The summed E-state index contributed by atoms with van der Waals surface area (Å²) in [6.07, 6.45) is 4.79. The zero-order chi connectivity index (χ0) is 8.39. The van der Waals surface area contributed by atoms with Gasteiger partial charge in [-0.3, -0.25) is 4.79 Å². The molecule has 0 unspecified atom stereocenters. The summed E-state index contributed by atoms with van der Waals surface area (Å²) in [7, 11) is 0. The Bertz CT molecular complexity index is 266. The number of hydrogen-bond donors (Lipinski definition) is 0. The molecule has 0 radical (unpaired) electrons. The van der Waals surface area contributed by atoms with E-state index < -0.39 is 0 Å². The number of cyclic esters (lactones) is 1. The van der Waals surface area contributed by atoms with Gasteiger partial charge in [0.15, 0.2) is 0 Å². The van der Waals surface area contributed by atoms with Crippen LogP contribution < -0.4 is 0 Å². The first-order chi connectivity index (χ1) is 5.86. The molecule has 1 aromatic heterocycles. The van der Waals surface area contributed by atoms with Gasteiger partial charge in [0, 0.05) is 18.9 Å². The molecule has 3 nitrogen and oxygen atoms in total. The second kappa shape index (κ2) is 3.01. The molecule has 1 fully saturated rings. The van der Waals surface area contributed by atoms with Crippen molar-refractivity contribution in [2.24, 2.45) is 5.92 Å².